The number of rotatable bonds is 1. The molecular formula is C14H10ClNO3. The molecule has 4 nitrogen and oxygen atoms in total. The summed E-state index contributed by atoms with van der Waals surface area (Å²) in [6.07, 6.45) is 0.443. The molecule has 0 saturated carbocycles. The average molecular weight is 276 g/mol. The number of fused-ring (bicyclic) bond motifs is 1. The lowest BCUT2D eigenvalue weighted by atomic mass is 9.97. The molecule has 0 bridgehead atoms. The maximum absolute atomic E-state index is 11.3. The Labute approximate surface area is 113 Å². The number of H-pyrrole nitrogens is 1. The van der Waals surface area contributed by atoms with E-state index in [0.717, 1.165) is 11.1 Å². The van der Waals surface area contributed by atoms with Crippen LogP contribution in [-0.2, 0) is 0 Å². The van der Waals surface area contributed by atoms with Gasteiger partial charge in [0.25, 0.3) is 5.56 Å². The fourth-order valence-corrected chi connectivity index (χ4v) is 2.30. The third kappa shape index (κ3) is 2.16. The summed E-state index contributed by atoms with van der Waals surface area (Å²) in [5.41, 5.74) is 1.92. The Balaban J connectivity index is 2.22. The molecular weight excluding hydrogens is 266 g/mol. The van der Waals surface area contributed by atoms with Crippen molar-refractivity contribution in [2.24, 2.45) is 0 Å². The van der Waals surface area contributed by atoms with E-state index < -0.39 is 6.29 Å². The van der Waals surface area contributed by atoms with E-state index in [1.807, 2.05) is 18.2 Å². The van der Waals surface area contributed by atoms with Crippen LogP contribution in [0.15, 0.2) is 47.3 Å². The highest BCUT2D eigenvalue weighted by molar-refractivity contribution is 6.32. The van der Waals surface area contributed by atoms with E-state index in [4.69, 9.17) is 16.3 Å². The van der Waals surface area contributed by atoms with Crippen molar-refractivity contribution >= 4 is 17.2 Å². The molecule has 2 heterocycles. The molecule has 2 aromatic rings. The minimum absolute atomic E-state index is 0.248. The molecule has 0 amide bonds. The summed E-state index contributed by atoms with van der Waals surface area (Å²) in [6.45, 7) is 0. The quantitative estimate of drug-likeness (QED) is 0.838. The number of hydrogen-bond acceptors (Lipinski definition) is 3. The zero-order valence-electron chi connectivity index (χ0n) is 9.76. The van der Waals surface area contributed by atoms with E-state index in [0.29, 0.717) is 10.6 Å². The van der Waals surface area contributed by atoms with Gasteiger partial charge in [0.05, 0.1) is 0 Å². The van der Waals surface area contributed by atoms with Crippen LogP contribution in [0.4, 0.5) is 0 Å². The molecule has 1 aromatic carbocycles. The van der Waals surface area contributed by atoms with Crippen LogP contribution in [0.1, 0.15) is 11.1 Å². The standard InChI is InChI=1S/C14H10ClNO3/c15-11-4-2-1-3-8(11)10-7-13(18)19-14-9(10)5-6-12(17)16-14/h1-7,13,18H,(H,16,17). The number of ether oxygens (including phenoxy) is 1. The molecule has 19 heavy (non-hydrogen) atoms. The lowest BCUT2D eigenvalue weighted by Gasteiger charge is -2.22. The van der Waals surface area contributed by atoms with Crippen molar-refractivity contribution in [1.82, 2.24) is 4.98 Å². The van der Waals surface area contributed by atoms with Gasteiger partial charge in [-0.05, 0) is 23.8 Å². The molecule has 0 radical (unpaired) electrons. The third-order valence-electron chi connectivity index (χ3n) is 2.88. The van der Waals surface area contributed by atoms with E-state index in [1.165, 1.54) is 6.07 Å². The number of aromatic nitrogens is 1. The second-order valence-corrected chi connectivity index (χ2v) is 4.54. The lowest BCUT2D eigenvalue weighted by Crippen LogP contribution is -2.21. The fraction of sp³-hybridized carbons (Fsp3) is 0.0714. The molecule has 3 rings (SSSR count). The number of aliphatic hydroxyl groups excluding tert-OH is 1. The summed E-state index contributed by atoms with van der Waals surface area (Å²) in [5, 5.41) is 10.3. The van der Waals surface area contributed by atoms with Crippen molar-refractivity contribution in [1.29, 1.82) is 0 Å². The van der Waals surface area contributed by atoms with Crippen molar-refractivity contribution in [2.45, 2.75) is 6.29 Å². The molecule has 1 atom stereocenters. The molecule has 1 unspecified atom stereocenters. The summed E-state index contributed by atoms with van der Waals surface area (Å²) < 4.78 is 5.18. The first-order valence-electron chi connectivity index (χ1n) is 5.70. The second-order valence-electron chi connectivity index (χ2n) is 4.13. The summed E-state index contributed by atoms with van der Waals surface area (Å²) >= 11 is 6.17. The number of benzene rings is 1. The Bertz CT molecular complexity index is 721. The number of aliphatic hydroxyl groups is 1. The minimum Gasteiger partial charge on any atom is -0.445 e. The van der Waals surface area contributed by atoms with Gasteiger partial charge in [-0.2, -0.15) is 0 Å². The Hall–Kier alpha value is -2.04. The van der Waals surface area contributed by atoms with Gasteiger partial charge in [0, 0.05) is 22.2 Å². The zero-order chi connectivity index (χ0) is 13.4. The SMILES string of the molecule is O=c1ccc2c([nH]1)OC(O)C=C2c1ccccc1Cl. The molecule has 0 saturated heterocycles. The molecule has 1 aliphatic heterocycles. The van der Waals surface area contributed by atoms with Crippen LogP contribution < -0.4 is 10.3 Å². The van der Waals surface area contributed by atoms with Crippen molar-refractivity contribution in [3.8, 4) is 5.88 Å². The van der Waals surface area contributed by atoms with Gasteiger partial charge in [-0.25, -0.2) is 0 Å². The fourth-order valence-electron chi connectivity index (χ4n) is 2.06. The van der Waals surface area contributed by atoms with Crippen LogP contribution >= 0.6 is 11.6 Å². The summed E-state index contributed by atoms with van der Waals surface area (Å²) in [6, 6.07) is 10.4. The lowest BCUT2D eigenvalue weighted by molar-refractivity contribution is 0.0187. The Kier molecular flexibility index (Phi) is 2.89. The van der Waals surface area contributed by atoms with Crippen molar-refractivity contribution < 1.29 is 9.84 Å². The number of nitrogens with one attached hydrogen (secondary N) is 1. The second kappa shape index (κ2) is 4.57. The predicted molar refractivity (Wildman–Crippen MR) is 72.2 cm³/mol. The smallest absolute Gasteiger partial charge is 0.250 e. The Morgan fingerprint density at radius 3 is 2.74 bits per heavy atom. The van der Waals surface area contributed by atoms with E-state index in [2.05, 4.69) is 4.98 Å². The minimum atomic E-state index is -1.11. The van der Waals surface area contributed by atoms with Gasteiger partial charge >= 0.3 is 0 Å². The van der Waals surface area contributed by atoms with Crippen LogP contribution in [-0.4, -0.2) is 16.4 Å². The molecule has 1 aliphatic rings. The first-order chi connectivity index (χ1) is 9.15. The molecule has 96 valence electrons. The van der Waals surface area contributed by atoms with E-state index >= 15 is 0 Å². The largest absolute Gasteiger partial charge is 0.445 e. The number of pyridine rings is 1. The van der Waals surface area contributed by atoms with Crippen LogP contribution in [0.5, 0.6) is 5.88 Å². The first-order valence-corrected chi connectivity index (χ1v) is 6.08. The normalized spacial score (nSPS) is 17.4. The predicted octanol–water partition coefficient (Wildman–Crippen LogP) is 2.17. The summed E-state index contributed by atoms with van der Waals surface area (Å²) in [5.74, 6) is 0.248. The monoisotopic (exact) mass is 275 g/mol. The number of aromatic amines is 1. The molecule has 0 fully saturated rings. The zero-order valence-corrected chi connectivity index (χ0v) is 10.5. The highest BCUT2D eigenvalue weighted by atomic mass is 35.5. The van der Waals surface area contributed by atoms with Crippen molar-refractivity contribution in [3.05, 3.63) is 69.0 Å². The van der Waals surface area contributed by atoms with Crippen LogP contribution in [0.3, 0.4) is 0 Å². The van der Waals surface area contributed by atoms with Gasteiger partial charge in [-0.15, -0.1) is 0 Å². The summed E-state index contributed by atoms with van der Waals surface area (Å²) in [7, 11) is 0. The van der Waals surface area contributed by atoms with Crippen LogP contribution in [0.2, 0.25) is 5.02 Å². The maximum atomic E-state index is 11.3. The van der Waals surface area contributed by atoms with Gasteiger partial charge in [-0.1, -0.05) is 29.8 Å². The molecule has 1 aromatic heterocycles. The van der Waals surface area contributed by atoms with Gasteiger partial charge in [0.15, 0.2) is 0 Å². The Morgan fingerprint density at radius 1 is 1.16 bits per heavy atom. The molecule has 0 aliphatic carbocycles. The van der Waals surface area contributed by atoms with E-state index in [9.17, 15) is 9.90 Å². The van der Waals surface area contributed by atoms with Crippen molar-refractivity contribution in [3.63, 3.8) is 0 Å². The first kappa shape index (κ1) is 12.0. The highest BCUT2D eigenvalue weighted by Crippen LogP contribution is 2.36. The topological polar surface area (TPSA) is 62.3 Å². The van der Waals surface area contributed by atoms with Gasteiger partial charge in [-0.3, -0.25) is 9.78 Å². The van der Waals surface area contributed by atoms with Gasteiger partial charge in [0.2, 0.25) is 12.2 Å². The highest BCUT2D eigenvalue weighted by Gasteiger charge is 2.22. The van der Waals surface area contributed by atoms with Gasteiger partial charge < -0.3 is 9.84 Å². The molecule has 2 N–H and O–H groups in total. The van der Waals surface area contributed by atoms with Gasteiger partial charge in [0.1, 0.15) is 0 Å². The van der Waals surface area contributed by atoms with E-state index in [-0.39, 0.29) is 11.4 Å². The summed E-state index contributed by atoms with van der Waals surface area (Å²) in [4.78, 5) is 13.9. The maximum Gasteiger partial charge on any atom is 0.250 e. The average Bonchev–Trinajstić information content (AvgIpc) is 2.38. The molecule has 0 spiro atoms. The van der Waals surface area contributed by atoms with Crippen molar-refractivity contribution in [2.75, 3.05) is 0 Å². The number of hydrogen-bond donors (Lipinski definition) is 2. The van der Waals surface area contributed by atoms with Crippen LogP contribution in [0.25, 0.3) is 5.57 Å². The van der Waals surface area contributed by atoms with Crippen LogP contribution in [0, 0.1) is 0 Å². The van der Waals surface area contributed by atoms with E-state index in [1.54, 1.807) is 18.2 Å². The third-order valence-corrected chi connectivity index (χ3v) is 3.21. The Morgan fingerprint density at radius 2 is 1.95 bits per heavy atom. The molecule has 5 heteroatoms. The number of halogens is 1.